The molecule has 0 radical (unpaired) electrons. The summed E-state index contributed by atoms with van der Waals surface area (Å²) in [7, 11) is 1.80. The third-order valence-corrected chi connectivity index (χ3v) is 3.78. The molecule has 0 aliphatic carbocycles. The van der Waals surface area contributed by atoms with E-state index in [2.05, 4.69) is 15.9 Å². The van der Waals surface area contributed by atoms with Crippen molar-refractivity contribution in [3.05, 3.63) is 28.2 Å². The van der Waals surface area contributed by atoms with Crippen molar-refractivity contribution in [2.75, 3.05) is 25.9 Å². The van der Waals surface area contributed by atoms with E-state index >= 15 is 0 Å². The molecule has 4 nitrogen and oxygen atoms in total. The van der Waals surface area contributed by atoms with Crippen LogP contribution in [0.25, 0.3) is 0 Å². The van der Waals surface area contributed by atoms with Crippen molar-refractivity contribution in [2.24, 2.45) is 0 Å². The number of anilines is 1. The molecule has 2 N–H and O–H groups in total. The van der Waals surface area contributed by atoms with Gasteiger partial charge in [-0.25, -0.2) is 0 Å². The van der Waals surface area contributed by atoms with Gasteiger partial charge in [0.15, 0.2) is 0 Å². The topological polar surface area (TPSA) is 55.6 Å². The van der Waals surface area contributed by atoms with Crippen LogP contribution < -0.4 is 5.73 Å². The van der Waals surface area contributed by atoms with Gasteiger partial charge in [-0.1, -0.05) is 0 Å². The fourth-order valence-electron chi connectivity index (χ4n) is 2.06. The predicted octanol–water partition coefficient (Wildman–Crippen LogP) is 2.28. The van der Waals surface area contributed by atoms with Gasteiger partial charge in [0.1, 0.15) is 0 Å². The summed E-state index contributed by atoms with van der Waals surface area (Å²) in [6.45, 7) is 1.45. The first-order valence-electron chi connectivity index (χ1n) is 6.00. The first-order chi connectivity index (χ1) is 8.58. The van der Waals surface area contributed by atoms with Crippen LogP contribution in [0.2, 0.25) is 0 Å². The molecule has 1 aromatic carbocycles. The number of halogens is 1. The zero-order chi connectivity index (χ0) is 13.1. The predicted molar refractivity (Wildman–Crippen MR) is 74.5 cm³/mol. The second-order valence-electron chi connectivity index (χ2n) is 4.56. The lowest BCUT2D eigenvalue weighted by molar-refractivity contribution is 0.0587. The molecule has 0 spiro atoms. The number of nitrogens with two attached hydrogens (primary N) is 1. The van der Waals surface area contributed by atoms with Crippen molar-refractivity contribution < 1.29 is 9.53 Å². The molecule has 1 saturated heterocycles. The number of rotatable bonds is 3. The lowest BCUT2D eigenvalue weighted by Crippen LogP contribution is -2.34. The van der Waals surface area contributed by atoms with E-state index in [4.69, 9.17) is 10.5 Å². The summed E-state index contributed by atoms with van der Waals surface area (Å²) in [4.78, 5) is 13.9. The van der Waals surface area contributed by atoms with Crippen LogP contribution in [-0.4, -0.2) is 37.1 Å². The number of hydrogen-bond donors (Lipinski definition) is 1. The van der Waals surface area contributed by atoms with Crippen LogP contribution in [0.15, 0.2) is 22.7 Å². The highest BCUT2D eigenvalue weighted by Crippen LogP contribution is 2.21. The molecular formula is C13H17BrN2O2. The minimum atomic E-state index is -0.00815. The number of likely N-dealkylation sites (N-methyl/N-ethyl adjacent to an activating group) is 1. The molecule has 0 saturated carbocycles. The molecule has 18 heavy (non-hydrogen) atoms. The summed E-state index contributed by atoms with van der Waals surface area (Å²) in [5.74, 6) is -0.00815. The quantitative estimate of drug-likeness (QED) is 0.871. The fourth-order valence-corrected chi connectivity index (χ4v) is 2.44. The number of carbonyl (C=O) groups is 1. The Kier molecular flexibility index (Phi) is 4.24. The Morgan fingerprint density at radius 2 is 2.39 bits per heavy atom. The SMILES string of the molecule is CN(CC1CCCO1)C(=O)c1ccc(N)c(Br)c1. The average molecular weight is 313 g/mol. The summed E-state index contributed by atoms with van der Waals surface area (Å²) in [5.41, 5.74) is 6.97. The molecule has 1 amide bonds. The van der Waals surface area contributed by atoms with Crippen LogP contribution in [0.5, 0.6) is 0 Å². The van der Waals surface area contributed by atoms with Crippen molar-refractivity contribution in [1.29, 1.82) is 0 Å². The lowest BCUT2D eigenvalue weighted by Gasteiger charge is -2.21. The maximum Gasteiger partial charge on any atom is 0.253 e. The van der Waals surface area contributed by atoms with Crippen molar-refractivity contribution in [3.8, 4) is 0 Å². The summed E-state index contributed by atoms with van der Waals surface area (Å²) >= 11 is 3.33. The molecule has 1 atom stereocenters. The minimum Gasteiger partial charge on any atom is -0.398 e. The molecule has 0 bridgehead atoms. The van der Waals surface area contributed by atoms with Crippen LogP contribution in [0.4, 0.5) is 5.69 Å². The Hall–Kier alpha value is -1.07. The van der Waals surface area contributed by atoms with E-state index in [-0.39, 0.29) is 12.0 Å². The van der Waals surface area contributed by atoms with E-state index in [9.17, 15) is 4.79 Å². The first-order valence-corrected chi connectivity index (χ1v) is 6.79. The van der Waals surface area contributed by atoms with E-state index < -0.39 is 0 Å². The zero-order valence-corrected chi connectivity index (χ0v) is 11.9. The monoisotopic (exact) mass is 312 g/mol. The Labute approximate surface area is 115 Å². The number of nitrogens with zero attached hydrogens (tertiary/aromatic N) is 1. The van der Waals surface area contributed by atoms with E-state index in [0.29, 0.717) is 17.8 Å². The Balaban J connectivity index is 2.02. The molecule has 1 aliphatic heterocycles. The number of carbonyl (C=O) groups excluding carboxylic acids is 1. The van der Waals surface area contributed by atoms with Crippen molar-refractivity contribution >= 4 is 27.5 Å². The smallest absolute Gasteiger partial charge is 0.253 e. The average Bonchev–Trinajstić information content (AvgIpc) is 2.84. The van der Waals surface area contributed by atoms with Crippen LogP contribution in [0, 0.1) is 0 Å². The number of amides is 1. The number of ether oxygens (including phenoxy) is 1. The summed E-state index contributed by atoms with van der Waals surface area (Å²) < 4.78 is 6.28. The van der Waals surface area contributed by atoms with E-state index in [1.807, 2.05) is 0 Å². The molecule has 1 aromatic rings. The van der Waals surface area contributed by atoms with Gasteiger partial charge in [-0.15, -0.1) is 0 Å². The fraction of sp³-hybridized carbons (Fsp3) is 0.462. The van der Waals surface area contributed by atoms with Gasteiger partial charge in [-0.3, -0.25) is 4.79 Å². The van der Waals surface area contributed by atoms with E-state index in [1.54, 1.807) is 30.1 Å². The van der Waals surface area contributed by atoms with Crippen molar-refractivity contribution in [2.45, 2.75) is 18.9 Å². The normalized spacial score (nSPS) is 18.9. The van der Waals surface area contributed by atoms with Crippen LogP contribution in [0.1, 0.15) is 23.2 Å². The second-order valence-corrected chi connectivity index (χ2v) is 5.41. The largest absolute Gasteiger partial charge is 0.398 e. The summed E-state index contributed by atoms with van der Waals surface area (Å²) in [6.07, 6.45) is 2.29. The molecule has 1 unspecified atom stereocenters. The second kappa shape index (κ2) is 5.71. The maximum atomic E-state index is 12.2. The van der Waals surface area contributed by atoms with Gasteiger partial charge < -0.3 is 15.4 Å². The Bertz CT molecular complexity index is 445. The number of hydrogen-bond acceptors (Lipinski definition) is 3. The standard InChI is InChI=1S/C13H17BrN2O2/c1-16(8-10-3-2-6-18-10)13(17)9-4-5-12(15)11(14)7-9/h4-5,7,10H,2-3,6,8,15H2,1H3. The summed E-state index contributed by atoms with van der Waals surface area (Å²) in [6, 6.07) is 5.23. The lowest BCUT2D eigenvalue weighted by atomic mass is 10.1. The van der Waals surface area contributed by atoms with Gasteiger partial charge in [-0.2, -0.15) is 0 Å². The molecule has 1 fully saturated rings. The van der Waals surface area contributed by atoms with Crippen LogP contribution in [0.3, 0.4) is 0 Å². The van der Waals surface area contributed by atoms with E-state index in [0.717, 1.165) is 23.9 Å². The Morgan fingerprint density at radius 1 is 1.61 bits per heavy atom. The molecule has 1 heterocycles. The highest BCUT2D eigenvalue weighted by atomic mass is 79.9. The highest BCUT2D eigenvalue weighted by Gasteiger charge is 2.21. The third-order valence-electron chi connectivity index (χ3n) is 3.10. The van der Waals surface area contributed by atoms with Gasteiger partial charge in [0.05, 0.1) is 6.10 Å². The Morgan fingerprint density at radius 3 is 3.00 bits per heavy atom. The van der Waals surface area contributed by atoms with Gasteiger partial charge in [-0.05, 0) is 47.0 Å². The van der Waals surface area contributed by atoms with Gasteiger partial charge >= 0.3 is 0 Å². The van der Waals surface area contributed by atoms with Crippen LogP contribution in [-0.2, 0) is 4.74 Å². The van der Waals surface area contributed by atoms with Crippen molar-refractivity contribution in [1.82, 2.24) is 4.90 Å². The number of benzene rings is 1. The van der Waals surface area contributed by atoms with Gasteiger partial charge in [0.2, 0.25) is 0 Å². The number of nitrogen functional groups attached to an aromatic ring is 1. The van der Waals surface area contributed by atoms with Gasteiger partial charge in [0.25, 0.3) is 5.91 Å². The van der Waals surface area contributed by atoms with Crippen molar-refractivity contribution in [3.63, 3.8) is 0 Å². The molecule has 2 rings (SSSR count). The maximum absolute atomic E-state index is 12.2. The van der Waals surface area contributed by atoms with Crippen LogP contribution >= 0.6 is 15.9 Å². The highest BCUT2D eigenvalue weighted by molar-refractivity contribution is 9.10. The zero-order valence-electron chi connectivity index (χ0n) is 10.4. The third kappa shape index (κ3) is 3.03. The van der Waals surface area contributed by atoms with E-state index in [1.165, 1.54) is 0 Å². The molecule has 1 aliphatic rings. The van der Waals surface area contributed by atoms with Gasteiger partial charge in [0, 0.05) is 35.9 Å². The molecule has 98 valence electrons. The molecule has 5 heteroatoms. The molecule has 0 aromatic heterocycles. The first kappa shape index (κ1) is 13.4. The summed E-state index contributed by atoms with van der Waals surface area (Å²) in [5, 5.41) is 0. The minimum absolute atomic E-state index is 0.00815. The molecular weight excluding hydrogens is 296 g/mol.